The molecule has 0 atom stereocenters. The van der Waals surface area contributed by atoms with E-state index in [-0.39, 0.29) is 5.91 Å². The van der Waals surface area contributed by atoms with Crippen LogP contribution in [0.2, 0.25) is 0 Å². The molecule has 0 saturated carbocycles. The van der Waals surface area contributed by atoms with Gasteiger partial charge in [-0.2, -0.15) is 0 Å². The van der Waals surface area contributed by atoms with Gasteiger partial charge in [0.1, 0.15) is 0 Å². The summed E-state index contributed by atoms with van der Waals surface area (Å²) < 4.78 is 0. The SMILES string of the molecule is CN(CCCCCN)C(=O)CCCc1ccccc1. The van der Waals surface area contributed by atoms with Crippen LogP contribution < -0.4 is 5.73 Å². The van der Waals surface area contributed by atoms with Crippen LogP contribution in [0.3, 0.4) is 0 Å². The summed E-state index contributed by atoms with van der Waals surface area (Å²) in [6.07, 6.45) is 5.76. The average molecular weight is 262 g/mol. The second-order valence-corrected chi connectivity index (χ2v) is 5.00. The summed E-state index contributed by atoms with van der Waals surface area (Å²) in [5.41, 5.74) is 6.75. The summed E-state index contributed by atoms with van der Waals surface area (Å²) in [6.45, 7) is 1.60. The molecule has 0 unspecified atom stereocenters. The van der Waals surface area contributed by atoms with E-state index in [1.807, 2.05) is 30.1 Å². The van der Waals surface area contributed by atoms with Crippen LogP contribution in [0, 0.1) is 0 Å². The maximum absolute atomic E-state index is 11.9. The summed E-state index contributed by atoms with van der Waals surface area (Å²) >= 11 is 0. The largest absolute Gasteiger partial charge is 0.346 e. The highest BCUT2D eigenvalue weighted by Gasteiger charge is 2.07. The Morgan fingerprint density at radius 2 is 1.84 bits per heavy atom. The Morgan fingerprint density at radius 1 is 1.11 bits per heavy atom. The van der Waals surface area contributed by atoms with Crippen molar-refractivity contribution in [1.29, 1.82) is 0 Å². The van der Waals surface area contributed by atoms with Gasteiger partial charge < -0.3 is 10.6 Å². The van der Waals surface area contributed by atoms with Crippen molar-refractivity contribution in [3.63, 3.8) is 0 Å². The van der Waals surface area contributed by atoms with Crippen molar-refractivity contribution >= 4 is 5.91 Å². The Hall–Kier alpha value is -1.35. The van der Waals surface area contributed by atoms with E-state index < -0.39 is 0 Å². The highest BCUT2D eigenvalue weighted by atomic mass is 16.2. The van der Waals surface area contributed by atoms with Gasteiger partial charge in [0.2, 0.25) is 5.91 Å². The van der Waals surface area contributed by atoms with Crippen molar-refractivity contribution in [2.45, 2.75) is 38.5 Å². The normalized spacial score (nSPS) is 10.4. The summed E-state index contributed by atoms with van der Waals surface area (Å²) in [7, 11) is 1.90. The zero-order valence-electron chi connectivity index (χ0n) is 12.0. The van der Waals surface area contributed by atoms with Crippen LogP contribution in [-0.4, -0.2) is 30.9 Å². The van der Waals surface area contributed by atoms with Gasteiger partial charge in [0.15, 0.2) is 0 Å². The Labute approximate surface area is 116 Å². The third kappa shape index (κ3) is 6.97. The molecule has 0 heterocycles. The Morgan fingerprint density at radius 3 is 2.53 bits per heavy atom. The molecule has 0 bridgehead atoms. The predicted octanol–water partition coefficient (Wildman–Crippen LogP) is 2.60. The number of hydrogen-bond donors (Lipinski definition) is 1. The fraction of sp³-hybridized carbons (Fsp3) is 0.562. The number of unbranched alkanes of at least 4 members (excludes halogenated alkanes) is 2. The highest BCUT2D eigenvalue weighted by molar-refractivity contribution is 5.75. The van der Waals surface area contributed by atoms with Crippen LogP contribution in [0.1, 0.15) is 37.7 Å². The van der Waals surface area contributed by atoms with Crippen molar-refractivity contribution in [2.75, 3.05) is 20.1 Å². The number of nitrogens with two attached hydrogens (primary N) is 1. The molecule has 1 aromatic carbocycles. The van der Waals surface area contributed by atoms with Crippen molar-refractivity contribution < 1.29 is 4.79 Å². The van der Waals surface area contributed by atoms with Crippen LogP contribution >= 0.6 is 0 Å². The number of carbonyl (C=O) groups excluding carboxylic acids is 1. The first-order valence-electron chi connectivity index (χ1n) is 7.22. The minimum Gasteiger partial charge on any atom is -0.346 e. The summed E-state index contributed by atoms with van der Waals surface area (Å²) in [6, 6.07) is 10.3. The van der Waals surface area contributed by atoms with Gasteiger partial charge in [0.05, 0.1) is 0 Å². The molecular weight excluding hydrogens is 236 g/mol. The van der Waals surface area contributed by atoms with E-state index >= 15 is 0 Å². The predicted molar refractivity (Wildman–Crippen MR) is 79.9 cm³/mol. The number of amides is 1. The highest BCUT2D eigenvalue weighted by Crippen LogP contribution is 2.06. The molecule has 0 radical (unpaired) electrons. The van der Waals surface area contributed by atoms with E-state index in [0.717, 1.165) is 45.2 Å². The van der Waals surface area contributed by atoms with Crippen LogP contribution in [0.25, 0.3) is 0 Å². The molecule has 3 nitrogen and oxygen atoms in total. The Kier molecular flexibility index (Phi) is 7.91. The van der Waals surface area contributed by atoms with Crippen LogP contribution in [0.15, 0.2) is 30.3 Å². The van der Waals surface area contributed by atoms with Crippen molar-refractivity contribution in [1.82, 2.24) is 4.90 Å². The van der Waals surface area contributed by atoms with Gasteiger partial charge in [-0.15, -0.1) is 0 Å². The van der Waals surface area contributed by atoms with E-state index in [2.05, 4.69) is 12.1 Å². The second kappa shape index (κ2) is 9.56. The smallest absolute Gasteiger partial charge is 0.222 e. The van der Waals surface area contributed by atoms with Gasteiger partial charge >= 0.3 is 0 Å². The first kappa shape index (κ1) is 15.7. The number of aryl methyl sites for hydroxylation is 1. The van der Waals surface area contributed by atoms with Crippen LogP contribution in [0.4, 0.5) is 0 Å². The Balaban J connectivity index is 2.13. The monoisotopic (exact) mass is 262 g/mol. The zero-order chi connectivity index (χ0) is 13.9. The number of carbonyl (C=O) groups is 1. The van der Waals surface area contributed by atoms with Gasteiger partial charge in [-0.25, -0.2) is 0 Å². The maximum Gasteiger partial charge on any atom is 0.222 e. The second-order valence-electron chi connectivity index (χ2n) is 5.00. The van der Waals surface area contributed by atoms with E-state index in [9.17, 15) is 4.79 Å². The fourth-order valence-corrected chi connectivity index (χ4v) is 2.07. The quantitative estimate of drug-likeness (QED) is 0.695. The van der Waals surface area contributed by atoms with Gasteiger partial charge in [-0.3, -0.25) is 4.79 Å². The number of rotatable bonds is 9. The molecule has 0 aromatic heterocycles. The maximum atomic E-state index is 11.9. The van der Waals surface area contributed by atoms with Crippen LogP contribution in [0.5, 0.6) is 0 Å². The number of benzene rings is 1. The van der Waals surface area contributed by atoms with Crippen LogP contribution in [-0.2, 0) is 11.2 Å². The van der Waals surface area contributed by atoms with Gasteiger partial charge in [0, 0.05) is 20.0 Å². The summed E-state index contributed by atoms with van der Waals surface area (Å²) in [5.74, 6) is 0.253. The average Bonchev–Trinajstić information content (AvgIpc) is 2.44. The third-order valence-corrected chi connectivity index (χ3v) is 3.32. The molecule has 0 aliphatic rings. The van der Waals surface area contributed by atoms with E-state index in [4.69, 9.17) is 5.73 Å². The molecule has 2 N–H and O–H groups in total. The minimum absolute atomic E-state index is 0.253. The topological polar surface area (TPSA) is 46.3 Å². The summed E-state index contributed by atoms with van der Waals surface area (Å²) in [5, 5.41) is 0. The van der Waals surface area contributed by atoms with Crippen molar-refractivity contribution in [3.8, 4) is 0 Å². The molecule has 0 saturated heterocycles. The first-order chi connectivity index (χ1) is 9.24. The van der Waals surface area contributed by atoms with E-state index in [1.54, 1.807) is 0 Å². The van der Waals surface area contributed by atoms with Gasteiger partial charge in [-0.1, -0.05) is 36.8 Å². The lowest BCUT2D eigenvalue weighted by Crippen LogP contribution is -2.27. The lowest BCUT2D eigenvalue weighted by atomic mass is 10.1. The number of nitrogens with zero attached hydrogens (tertiary/aromatic N) is 1. The molecule has 0 aliphatic heterocycles. The van der Waals surface area contributed by atoms with E-state index in [1.165, 1.54) is 5.56 Å². The van der Waals surface area contributed by atoms with Crippen molar-refractivity contribution in [2.24, 2.45) is 5.73 Å². The molecule has 0 spiro atoms. The fourth-order valence-electron chi connectivity index (χ4n) is 2.07. The molecule has 3 heteroatoms. The molecular formula is C16H26N2O. The lowest BCUT2D eigenvalue weighted by Gasteiger charge is -2.17. The molecule has 106 valence electrons. The van der Waals surface area contributed by atoms with Crippen molar-refractivity contribution in [3.05, 3.63) is 35.9 Å². The zero-order valence-corrected chi connectivity index (χ0v) is 12.0. The van der Waals surface area contributed by atoms with Gasteiger partial charge in [-0.05, 0) is 37.8 Å². The molecule has 19 heavy (non-hydrogen) atoms. The molecule has 1 rings (SSSR count). The number of hydrogen-bond acceptors (Lipinski definition) is 2. The third-order valence-electron chi connectivity index (χ3n) is 3.32. The molecule has 0 aliphatic carbocycles. The molecule has 1 aromatic rings. The Bertz CT molecular complexity index is 351. The van der Waals surface area contributed by atoms with Gasteiger partial charge in [0.25, 0.3) is 0 Å². The standard InChI is InChI=1S/C16H26N2O/c1-18(14-7-3-6-13-17)16(19)12-8-11-15-9-4-2-5-10-15/h2,4-5,9-10H,3,6-8,11-14,17H2,1H3. The summed E-state index contributed by atoms with van der Waals surface area (Å²) in [4.78, 5) is 13.7. The molecule has 0 fully saturated rings. The molecule has 1 amide bonds. The lowest BCUT2D eigenvalue weighted by molar-refractivity contribution is -0.130. The minimum atomic E-state index is 0.253. The van der Waals surface area contributed by atoms with E-state index in [0.29, 0.717) is 6.42 Å². The first-order valence-corrected chi connectivity index (χ1v) is 7.22.